The van der Waals surface area contributed by atoms with Crippen LogP contribution >= 0.6 is 15.9 Å². The highest BCUT2D eigenvalue weighted by atomic mass is 79.9. The van der Waals surface area contributed by atoms with E-state index in [9.17, 15) is 4.79 Å². The van der Waals surface area contributed by atoms with Crippen molar-refractivity contribution in [3.05, 3.63) is 28.2 Å². The molecule has 0 saturated heterocycles. The lowest BCUT2D eigenvalue weighted by atomic mass is 9.79. The van der Waals surface area contributed by atoms with Crippen molar-refractivity contribution in [3.63, 3.8) is 0 Å². The summed E-state index contributed by atoms with van der Waals surface area (Å²) in [5.74, 6) is 3.44. The van der Waals surface area contributed by atoms with E-state index in [1.54, 1.807) is 6.07 Å². The summed E-state index contributed by atoms with van der Waals surface area (Å²) in [5.41, 5.74) is 7.11. The fraction of sp³-hybridized carbons (Fsp3) is 0.588. The molecule has 4 rings (SSSR count). The van der Waals surface area contributed by atoms with Crippen LogP contribution in [0.25, 0.3) is 0 Å². The van der Waals surface area contributed by atoms with Crippen molar-refractivity contribution >= 4 is 27.5 Å². The first-order chi connectivity index (χ1) is 10.1. The number of amides is 1. The third-order valence-electron chi connectivity index (χ3n) is 5.93. The number of rotatable bonds is 2. The highest BCUT2D eigenvalue weighted by Gasteiger charge is 2.54. The molecular formula is C17H21BrN2O. The fourth-order valence-electron chi connectivity index (χ4n) is 5.23. The Balaban J connectivity index is 1.48. The summed E-state index contributed by atoms with van der Waals surface area (Å²) in [5, 5.41) is 3.28. The average Bonchev–Trinajstić information content (AvgIpc) is 3.09. The van der Waals surface area contributed by atoms with E-state index in [4.69, 9.17) is 5.73 Å². The molecule has 5 atom stereocenters. The van der Waals surface area contributed by atoms with Crippen LogP contribution in [-0.2, 0) is 0 Å². The van der Waals surface area contributed by atoms with E-state index in [2.05, 4.69) is 21.2 Å². The highest BCUT2D eigenvalue weighted by molar-refractivity contribution is 9.10. The minimum Gasteiger partial charge on any atom is -0.399 e. The molecule has 5 unspecified atom stereocenters. The van der Waals surface area contributed by atoms with Gasteiger partial charge in [-0.15, -0.1) is 0 Å². The molecule has 3 aliphatic carbocycles. The van der Waals surface area contributed by atoms with Crippen LogP contribution in [0.5, 0.6) is 0 Å². The predicted molar refractivity (Wildman–Crippen MR) is 86.9 cm³/mol. The first-order valence-electron chi connectivity index (χ1n) is 7.99. The molecule has 0 radical (unpaired) electrons. The molecule has 21 heavy (non-hydrogen) atoms. The second-order valence-corrected chi connectivity index (χ2v) is 7.92. The van der Waals surface area contributed by atoms with E-state index in [-0.39, 0.29) is 5.91 Å². The number of hydrogen-bond donors (Lipinski definition) is 2. The van der Waals surface area contributed by atoms with Crippen LogP contribution in [0.2, 0.25) is 0 Å². The van der Waals surface area contributed by atoms with Gasteiger partial charge in [-0.25, -0.2) is 0 Å². The first kappa shape index (κ1) is 13.6. The van der Waals surface area contributed by atoms with Gasteiger partial charge in [-0.2, -0.15) is 0 Å². The lowest BCUT2D eigenvalue weighted by Crippen LogP contribution is -2.42. The number of hydrogen-bond acceptors (Lipinski definition) is 2. The third kappa shape index (κ3) is 2.28. The van der Waals surface area contributed by atoms with Crippen molar-refractivity contribution < 1.29 is 4.79 Å². The summed E-state index contributed by atoms with van der Waals surface area (Å²) in [6.07, 6.45) is 6.71. The lowest BCUT2D eigenvalue weighted by molar-refractivity contribution is 0.0901. The summed E-state index contributed by atoms with van der Waals surface area (Å²) >= 11 is 3.40. The van der Waals surface area contributed by atoms with Gasteiger partial charge in [-0.05, 0) is 67.6 Å². The maximum Gasteiger partial charge on any atom is 0.251 e. The number of carbonyl (C=O) groups is 1. The van der Waals surface area contributed by atoms with Crippen molar-refractivity contribution in [2.75, 3.05) is 5.73 Å². The molecule has 2 bridgehead atoms. The smallest absolute Gasteiger partial charge is 0.251 e. The summed E-state index contributed by atoms with van der Waals surface area (Å²) in [6, 6.07) is 5.79. The number of nitrogen functional groups attached to an aromatic ring is 1. The van der Waals surface area contributed by atoms with Crippen LogP contribution in [0, 0.1) is 23.7 Å². The molecule has 3 saturated carbocycles. The minimum absolute atomic E-state index is 0.0232. The van der Waals surface area contributed by atoms with Gasteiger partial charge in [0.25, 0.3) is 5.91 Å². The molecule has 3 fully saturated rings. The molecule has 0 spiro atoms. The van der Waals surface area contributed by atoms with Gasteiger partial charge >= 0.3 is 0 Å². The fourth-order valence-corrected chi connectivity index (χ4v) is 5.74. The van der Waals surface area contributed by atoms with Gasteiger partial charge < -0.3 is 11.1 Å². The number of benzene rings is 1. The Bertz CT molecular complexity index is 568. The van der Waals surface area contributed by atoms with Gasteiger partial charge in [-0.1, -0.05) is 22.4 Å². The first-order valence-corrected chi connectivity index (χ1v) is 8.78. The molecule has 1 amide bonds. The highest BCUT2D eigenvalue weighted by Crippen LogP contribution is 2.58. The third-order valence-corrected chi connectivity index (χ3v) is 6.39. The van der Waals surface area contributed by atoms with Crippen LogP contribution in [-0.4, -0.2) is 11.9 Å². The van der Waals surface area contributed by atoms with E-state index in [0.29, 0.717) is 17.3 Å². The second kappa shape index (κ2) is 5.01. The van der Waals surface area contributed by atoms with E-state index in [1.807, 2.05) is 12.1 Å². The van der Waals surface area contributed by atoms with E-state index >= 15 is 0 Å². The summed E-state index contributed by atoms with van der Waals surface area (Å²) in [6.45, 7) is 0. The Hall–Kier alpha value is -1.03. The van der Waals surface area contributed by atoms with Gasteiger partial charge in [0.1, 0.15) is 0 Å². The largest absolute Gasteiger partial charge is 0.399 e. The van der Waals surface area contributed by atoms with Crippen molar-refractivity contribution in [1.29, 1.82) is 0 Å². The zero-order chi connectivity index (χ0) is 14.6. The molecule has 3 aliphatic rings. The van der Waals surface area contributed by atoms with Crippen LogP contribution in [0.3, 0.4) is 0 Å². The van der Waals surface area contributed by atoms with E-state index in [1.165, 1.54) is 32.1 Å². The van der Waals surface area contributed by atoms with Gasteiger partial charge in [0.2, 0.25) is 0 Å². The summed E-state index contributed by atoms with van der Waals surface area (Å²) < 4.78 is 0.858. The molecule has 3 N–H and O–H groups in total. The number of carbonyl (C=O) groups excluding carboxylic acids is 1. The number of anilines is 1. The maximum atomic E-state index is 12.5. The van der Waals surface area contributed by atoms with Crippen molar-refractivity contribution in [3.8, 4) is 0 Å². The number of halogens is 1. The van der Waals surface area contributed by atoms with E-state index in [0.717, 1.165) is 28.1 Å². The maximum absolute atomic E-state index is 12.5. The van der Waals surface area contributed by atoms with Crippen LogP contribution < -0.4 is 11.1 Å². The Morgan fingerprint density at radius 2 is 1.95 bits per heavy atom. The van der Waals surface area contributed by atoms with Crippen molar-refractivity contribution in [2.24, 2.45) is 23.7 Å². The zero-order valence-electron chi connectivity index (χ0n) is 12.0. The molecule has 3 nitrogen and oxygen atoms in total. The van der Waals surface area contributed by atoms with E-state index < -0.39 is 0 Å². The number of nitrogens with two attached hydrogens (primary N) is 1. The van der Waals surface area contributed by atoms with Crippen LogP contribution in [0.1, 0.15) is 42.5 Å². The van der Waals surface area contributed by atoms with Crippen LogP contribution in [0.15, 0.2) is 22.7 Å². The summed E-state index contributed by atoms with van der Waals surface area (Å²) in [4.78, 5) is 12.5. The van der Waals surface area contributed by atoms with Gasteiger partial charge in [-0.3, -0.25) is 4.79 Å². The Labute approximate surface area is 133 Å². The molecule has 112 valence electrons. The monoisotopic (exact) mass is 348 g/mol. The van der Waals surface area contributed by atoms with Gasteiger partial charge in [0, 0.05) is 21.8 Å². The Morgan fingerprint density at radius 1 is 1.14 bits per heavy atom. The molecule has 1 aromatic rings. The normalized spacial score (nSPS) is 36.7. The Morgan fingerprint density at radius 3 is 2.76 bits per heavy atom. The molecular weight excluding hydrogens is 328 g/mol. The topological polar surface area (TPSA) is 55.1 Å². The lowest BCUT2D eigenvalue weighted by Gasteiger charge is -2.32. The molecule has 1 aromatic carbocycles. The molecule has 0 heterocycles. The number of fused-ring (bicyclic) bond motifs is 5. The van der Waals surface area contributed by atoms with Gasteiger partial charge in [0.05, 0.1) is 0 Å². The molecule has 4 heteroatoms. The zero-order valence-corrected chi connectivity index (χ0v) is 13.6. The minimum atomic E-state index is 0.0232. The van der Waals surface area contributed by atoms with Crippen LogP contribution in [0.4, 0.5) is 5.69 Å². The van der Waals surface area contributed by atoms with Crippen molar-refractivity contribution in [2.45, 2.75) is 38.1 Å². The standard InChI is InChI=1S/C17H21BrN2O/c18-11-4-10(5-12(19)8-11)17(21)20-16-7-9-6-15(16)14-3-1-2-13(9)14/h4-5,8-9,13-16H,1-3,6-7,19H2,(H,20,21). The molecule has 0 aromatic heterocycles. The van der Waals surface area contributed by atoms with Gasteiger partial charge in [0.15, 0.2) is 0 Å². The SMILES string of the molecule is Nc1cc(Br)cc(C(=O)NC2CC3CC2C2CCCC32)c1. The number of nitrogens with one attached hydrogen (secondary N) is 1. The average molecular weight is 349 g/mol. The summed E-state index contributed by atoms with van der Waals surface area (Å²) in [7, 11) is 0. The second-order valence-electron chi connectivity index (χ2n) is 7.01. The molecule has 0 aliphatic heterocycles. The quantitative estimate of drug-likeness (QED) is 0.802. The Kier molecular flexibility index (Phi) is 3.25. The predicted octanol–water partition coefficient (Wildman–Crippen LogP) is 3.59. The van der Waals surface area contributed by atoms with Crippen molar-refractivity contribution in [1.82, 2.24) is 5.32 Å².